The summed E-state index contributed by atoms with van der Waals surface area (Å²) in [5.74, 6) is 1.35. The predicted octanol–water partition coefficient (Wildman–Crippen LogP) is 4.73. The molecule has 1 saturated carbocycles. The van der Waals surface area contributed by atoms with Gasteiger partial charge in [-0.3, -0.25) is 9.59 Å². The molecule has 1 unspecified atom stereocenters. The molecular formula is C30H40N4O4. The van der Waals surface area contributed by atoms with Gasteiger partial charge in [0.15, 0.2) is 0 Å². The van der Waals surface area contributed by atoms with Crippen molar-refractivity contribution in [2.24, 2.45) is 11.8 Å². The average Bonchev–Trinajstić information content (AvgIpc) is 3.54. The number of aromatic nitrogens is 3. The largest absolute Gasteiger partial charge is 0.461 e. The first-order valence-electron chi connectivity index (χ1n) is 14.1. The van der Waals surface area contributed by atoms with E-state index in [9.17, 15) is 9.59 Å². The first kappa shape index (κ1) is 26.6. The van der Waals surface area contributed by atoms with Crippen LogP contribution in [0.5, 0.6) is 0 Å². The number of pyridine rings is 1. The number of carbonyl (C=O) groups excluding carboxylic acids is 1. The molecule has 5 rings (SSSR count). The Labute approximate surface area is 224 Å². The fraction of sp³-hybridized carbons (Fsp3) is 0.567. The van der Waals surface area contributed by atoms with Gasteiger partial charge in [-0.2, -0.15) is 0 Å². The van der Waals surface area contributed by atoms with E-state index in [2.05, 4.69) is 33.1 Å². The molecule has 8 nitrogen and oxygen atoms in total. The lowest BCUT2D eigenvalue weighted by Gasteiger charge is -2.24. The summed E-state index contributed by atoms with van der Waals surface area (Å²) < 4.78 is 13.7. The lowest BCUT2D eigenvalue weighted by atomic mass is 10.00. The summed E-state index contributed by atoms with van der Waals surface area (Å²) in [6, 6.07) is 7.90. The van der Waals surface area contributed by atoms with Crippen LogP contribution in [-0.4, -0.2) is 45.9 Å². The van der Waals surface area contributed by atoms with E-state index in [0.29, 0.717) is 18.0 Å². The molecule has 1 atom stereocenters. The van der Waals surface area contributed by atoms with Crippen LogP contribution < -0.4 is 10.9 Å². The molecule has 1 aliphatic heterocycles. The highest BCUT2D eigenvalue weighted by Crippen LogP contribution is 2.29. The normalized spacial score (nSPS) is 17.9. The van der Waals surface area contributed by atoms with Crippen LogP contribution in [-0.2, 0) is 27.4 Å². The number of esters is 1. The highest BCUT2D eigenvalue weighted by atomic mass is 16.5. The second-order valence-corrected chi connectivity index (χ2v) is 11.3. The molecule has 0 radical (unpaired) electrons. The van der Waals surface area contributed by atoms with Crippen molar-refractivity contribution in [1.29, 1.82) is 0 Å². The summed E-state index contributed by atoms with van der Waals surface area (Å²) in [6.07, 6.45) is 8.10. The Hall–Kier alpha value is -2.97. The minimum absolute atomic E-state index is 0.0663. The Balaban J connectivity index is 1.39. The van der Waals surface area contributed by atoms with E-state index in [1.807, 2.05) is 26.8 Å². The second kappa shape index (κ2) is 11.8. The number of nitrogens with one attached hydrogen (secondary N) is 2. The van der Waals surface area contributed by atoms with Crippen molar-refractivity contribution in [3.05, 3.63) is 51.9 Å². The average molecular weight is 521 g/mol. The third-order valence-corrected chi connectivity index (χ3v) is 7.97. The highest BCUT2D eigenvalue weighted by Gasteiger charge is 2.28. The van der Waals surface area contributed by atoms with Crippen LogP contribution in [0.1, 0.15) is 63.5 Å². The zero-order valence-electron chi connectivity index (χ0n) is 22.8. The van der Waals surface area contributed by atoms with Crippen LogP contribution in [0.25, 0.3) is 22.4 Å². The van der Waals surface area contributed by atoms with Crippen molar-refractivity contribution in [3.63, 3.8) is 0 Å². The molecule has 1 aliphatic carbocycles. The maximum atomic E-state index is 12.9. The molecule has 0 amide bonds. The molecule has 1 saturated heterocycles. The van der Waals surface area contributed by atoms with Gasteiger partial charge < -0.3 is 24.3 Å². The Kier molecular flexibility index (Phi) is 8.29. The van der Waals surface area contributed by atoms with E-state index in [1.165, 1.54) is 0 Å². The summed E-state index contributed by atoms with van der Waals surface area (Å²) in [6.45, 7) is 8.91. The standard InChI is InChI=1S/C30H40N4O4/c1-19(2)27(30(36)38-24-6-4-5-7-24)31-16-22-8-9-26-25(15-22)33-28(23-14-20(3)29(35)32-17-23)34(26)18-21-10-12-37-13-11-21/h8-9,14-15,17,19,21,24,27,31H,4-7,10-13,16,18H2,1-3H3,(H,32,35). The number of ether oxygens (including phenoxy) is 2. The van der Waals surface area contributed by atoms with Gasteiger partial charge in [0, 0.05) is 43.6 Å². The summed E-state index contributed by atoms with van der Waals surface area (Å²) in [5.41, 5.74) is 4.53. The maximum Gasteiger partial charge on any atom is 0.323 e. The van der Waals surface area contributed by atoms with Gasteiger partial charge in [-0.1, -0.05) is 19.9 Å². The van der Waals surface area contributed by atoms with Gasteiger partial charge in [0.25, 0.3) is 5.56 Å². The number of fused-ring (bicyclic) bond motifs is 1. The molecule has 0 bridgehead atoms. The van der Waals surface area contributed by atoms with E-state index in [1.54, 1.807) is 6.20 Å². The van der Waals surface area contributed by atoms with Crippen molar-refractivity contribution in [2.75, 3.05) is 13.2 Å². The van der Waals surface area contributed by atoms with E-state index < -0.39 is 0 Å². The van der Waals surface area contributed by atoms with E-state index in [0.717, 1.165) is 86.3 Å². The van der Waals surface area contributed by atoms with Crippen molar-refractivity contribution in [1.82, 2.24) is 19.9 Å². The number of hydrogen-bond donors (Lipinski definition) is 2. The van der Waals surface area contributed by atoms with Gasteiger partial charge in [-0.25, -0.2) is 4.98 Å². The molecule has 2 aliphatic rings. The number of rotatable bonds is 9. The SMILES string of the molecule is Cc1cc(-c2nc3cc(CNC(C(=O)OC4CCCC4)C(C)C)ccc3n2CC2CCOCC2)c[nH]c1=O. The number of aryl methyl sites for hydroxylation is 1. The molecule has 3 aromatic rings. The Morgan fingerprint density at radius 1 is 1.18 bits per heavy atom. The summed E-state index contributed by atoms with van der Waals surface area (Å²) in [4.78, 5) is 32.8. The number of hydrogen-bond acceptors (Lipinski definition) is 6. The maximum absolute atomic E-state index is 12.9. The van der Waals surface area contributed by atoms with E-state index in [4.69, 9.17) is 14.5 Å². The minimum Gasteiger partial charge on any atom is -0.461 e. The number of nitrogens with zero attached hydrogens (tertiary/aromatic N) is 2. The molecular weight excluding hydrogens is 480 g/mol. The lowest BCUT2D eigenvalue weighted by molar-refractivity contribution is -0.152. The van der Waals surface area contributed by atoms with Gasteiger partial charge in [-0.15, -0.1) is 0 Å². The molecule has 2 fully saturated rings. The summed E-state index contributed by atoms with van der Waals surface area (Å²) in [7, 11) is 0. The topological polar surface area (TPSA) is 98.2 Å². The third kappa shape index (κ3) is 6.02. The van der Waals surface area contributed by atoms with E-state index in [-0.39, 0.29) is 29.6 Å². The number of carbonyl (C=O) groups is 1. The van der Waals surface area contributed by atoms with Crippen molar-refractivity contribution >= 4 is 17.0 Å². The molecule has 3 heterocycles. The summed E-state index contributed by atoms with van der Waals surface area (Å²) >= 11 is 0. The first-order chi connectivity index (χ1) is 18.4. The van der Waals surface area contributed by atoms with Crippen LogP contribution in [0.2, 0.25) is 0 Å². The van der Waals surface area contributed by atoms with Gasteiger partial charge in [0.1, 0.15) is 18.0 Å². The Bertz CT molecular complexity index is 1320. The van der Waals surface area contributed by atoms with Gasteiger partial charge >= 0.3 is 5.97 Å². The fourth-order valence-electron chi connectivity index (χ4n) is 5.67. The van der Waals surface area contributed by atoms with Crippen LogP contribution >= 0.6 is 0 Å². The monoisotopic (exact) mass is 520 g/mol. The third-order valence-electron chi connectivity index (χ3n) is 7.97. The van der Waals surface area contributed by atoms with Crippen molar-refractivity contribution in [3.8, 4) is 11.4 Å². The smallest absolute Gasteiger partial charge is 0.323 e. The van der Waals surface area contributed by atoms with Gasteiger partial charge in [-0.05, 0) is 81.0 Å². The fourth-order valence-corrected chi connectivity index (χ4v) is 5.67. The summed E-state index contributed by atoms with van der Waals surface area (Å²) in [5, 5.41) is 3.44. The number of aromatic amines is 1. The molecule has 2 N–H and O–H groups in total. The molecule has 8 heteroatoms. The second-order valence-electron chi connectivity index (χ2n) is 11.3. The quantitative estimate of drug-likeness (QED) is 0.396. The number of imidazole rings is 1. The molecule has 1 aromatic carbocycles. The molecule has 0 spiro atoms. The first-order valence-corrected chi connectivity index (χ1v) is 14.1. The number of H-pyrrole nitrogens is 1. The van der Waals surface area contributed by atoms with Crippen LogP contribution in [0.15, 0.2) is 35.3 Å². The number of benzene rings is 1. The van der Waals surface area contributed by atoms with Gasteiger partial charge in [0.05, 0.1) is 11.0 Å². The Morgan fingerprint density at radius 2 is 1.95 bits per heavy atom. The highest BCUT2D eigenvalue weighted by molar-refractivity contribution is 5.81. The lowest BCUT2D eigenvalue weighted by Crippen LogP contribution is -2.42. The predicted molar refractivity (Wildman–Crippen MR) is 148 cm³/mol. The van der Waals surface area contributed by atoms with Crippen LogP contribution in [0, 0.1) is 18.8 Å². The van der Waals surface area contributed by atoms with Gasteiger partial charge in [0.2, 0.25) is 0 Å². The molecule has 38 heavy (non-hydrogen) atoms. The zero-order chi connectivity index (χ0) is 26.6. The van der Waals surface area contributed by atoms with Crippen molar-refractivity contribution < 1.29 is 14.3 Å². The van der Waals surface area contributed by atoms with Crippen LogP contribution in [0.4, 0.5) is 0 Å². The molecule has 204 valence electrons. The minimum atomic E-state index is -0.350. The van der Waals surface area contributed by atoms with E-state index >= 15 is 0 Å². The zero-order valence-corrected chi connectivity index (χ0v) is 22.8. The van der Waals surface area contributed by atoms with Crippen LogP contribution in [0.3, 0.4) is 0 Å². The van der Waals surface area contributed by atoms with Crippen molar-refractivity contribution in [2.45, 2.75) is 84.5 Å². The Morgan fingerprint density at radius 3 is 2.66 bits per heavy atom. The molecule has 2 aromatic heterocycles.